The second-order valence-electron chi connectivity index (χ2n) is 9.02. The van der Waals surface area contributed by atoms with E-state index in [4.69, 9.17) is 9.47 Å². The van der Waals surface area contributed by atoms with Crippen LogP contribution in [0.15, 0.2) is 53.6 Å². The van der Waals surface area contributed by atoms with Crippen molar-refractivity contribution in [1.82, 2.24) is 15.2 Å². The van der Waals surface area contributed by atoms with Gasteiger partial charge in [-0.15, -0.1) is 0 Å². The van der Waals surface area contributed by atoms with Gasteiger partial charge in [-0.05, 0) is 38.5 Å². The van der Waals surface area contributed by atoms with Crippen LogP contribution in [0.4, 0.5) is 4.79 Å². The number of hydrogen-bond donors (Lipinski definition) is 1. The fourth-order valence-electron chi connectivity index (χ4n) is 3.64. The molecule has 3 amide bonds. The van der Waals surface area contributed by atoms with Crippen LogP contribution >= 0.6 is 0 Å². The zero-order valence-electron chi connectivity index (χ0n) is 20.1. The van der Waals surface area contributed by atoms with E-state index < -0.39 is 5.54 Å². The summed E-state index contributed by atoms with van der Waals surface area (Å²) in [6.07, 6.45) is 0.524. The van der Waals surface area contributed by atoms with E-state index in [0.717, 1.165) is 16.8 Å². The summed E-state index contributed by atoms with van der Waals surface area (Å²) in [6, 6.07) is 14.7. The summed E-state index contributed by atoms with van der Waals surface area (Å²) in [5.74, 6) is 1.03. The maximum absolute atomic E-state index is 13.3. The lowest BCUT2D eigenvalue weighted by atomic mass is 9.98. The van der Waals surface area contributed by atoms with Crippen LogP contribution in [0.1, 0.15) is 44.4 Å². The number of rotatable bonds is 6. The van der Waals surface area contributed by atoms with Crippen LogP contribution in [-0.2, 0) is 4.79 Å². The predicted molar refractivity (Wildman–Crippen MR) is 128 cm³/mol. The first-order valence-corrected chi connectivity index (χ1v) is 10.8. The minimum atomic E-state index is -0.398. The third-order valence-corrected chi connectivity index (χ3v) is 5.27. The van der Waals surface area contributed by atoms with Crippen molar-refractivity contribution >= 4 is 17.6 Å². The average molecular weight is 453 g/mol. The average Bonchev–Trinajstić information content (AvgIpc) is 3.23. The van der Waals surface area contributed by atoms with Crippen LogP contribution in [0.5, 0.6) is 11.5 Å². The van der Waals surface area contributed by atoms with Gasteiger partial charge in [-0.1, -0.05) is 30.3 Å². The molecule has 0 bridgehead atoms. The Labute approximate surface area is 195 Å². The number of nitrogens with zero attached hydrogens (tertiary/aromatic N) is 3. The van der Waals surface area contributed by atoms with E-state index in [0.29, 0.717) is 17.9 Å². The Morgan fingerprint density at radius 1 is 1.12 bits per heavy atom. The van der Waals surface area contributed by atoms with Crippen LogP contribution in [0.25, 0.3) is 0 Å². The number of carbonyl (C=O) groups is 2. The Bertz CT molecular complexity index is 1030. The van der Waals surface area contributed by atoms with Gasteiger partial charge in [-0.2, -0.15) is 5.10 Å². The van der Waals surface area contributed by atoms with E-state index in [1.165, 1.54) is 9.91 Å². The molecule has 1 N–H and O–H groups in total. The van der Waals surface area contributed by atoms with E-state index in [9.17, 15) is 9.59 Å². The van der Waals surface area contributed by atoms with Gasteiger partial charge in [0.15, 0.2) is 0 Å². The van der Waals surface area contributed by atoms with Crippen molar-refractivity contribution in [3.8, 4) is 11.5 Å². The molecule has 0 aliphatic carbocycles. The van der Waals surface area contributed by atoms with Gasteiger partial charge >= 0.3 is 6.03 Å². The largest absolute Gasteiger partial charge is 0.497 e. The number of nitrogens with one attached hydrogen (secondary N) is 1. The summed E-state index contributed by atoms with van der Waals surface area (Å²) in [4.78, 5) is 27.1. The number of urea groups is 1. The van der Waals surface area contributed by atoms with E-state index in [1.807, 2.05) is 63.2 Å². The highest BCUT2D eigenvalue weighted by Crippen LogP contribution is 2.36. The van der Waals surface area contributed by atoms with Crippen LogP contribution in [0.3, 0.4) is 0 Å². The maximum Gasteiger partial charge on any atom is 0.318 e. The predicted octanol–water partition coefficient (Wildman–Crippen LogP) is 3.82. The highest BCUT2D eigenvalue weighted by atomic mass is 16.5. The summed E-state index contributed by atoms with van der Waals surface area (Å²) in [5.41, 5.74) is 2.11. The molecular weight excluding hydrogens is 420 g/mol. The molecule has 3 rings (SSSR count). The number of carbonyl (C=O) groups excluding carboxylic acids is 2. The molecule has 1 aliphatic heterocycles. The molecule has 176 valence electrons. The van der Waals surface area contributed by atoms with Gasteiger partial charge in [0.25, 0.3) is 5.91 Å². The Morgan fingerprint density at radius 2 is 1.82 bits per heavy atom. The monoisotopic (exact) mass is 452 g/mol. The first-order chi connectivity index (χ1) is 15.6. The molecule has 1 atom stereocenters. The molecule has 0 spiro atoms. The number of amides is 3. The Balaban J connectivity index is 1.90. The minimum Gasteiger partial charge on any atom is -0.497 e. The topological polar surface area (TPSA) is 83.5 Å². The smallest absolute Gasteiger partial charge is 0.318 e. The van der Waals surface area contributed by atoms with E-state index in [1.54, 1.807) is 27.3 Å². The molecule has 1 aliphatic rings. The summed E-state index contributed by atoms with van der Waals surface area (Å²) in [7, 11) is 4.79. The summed E-state index contributed by atoms with van der Waals surface area (Å²) < 4.78 is 10.9. The van der Waals surface area contributed by atoms with Gasteiger partial charge in [0.1, 0.15) is 18.0 Å². The highest BCUT2D eigenvalue weighted by Gasteiger charge is 2.35. The van der Waals surface area contributed by atoms with E-state index in [2.05, 4.69) is 10.4 Å². The first-order valence-electron chi connectivity index (χ1n) is 10.8. The van der Waals surface area contributed by atoms with Gasteiger partial charge in [-0.3, -0.25) is 4.79 Å². The van der Waals surface area contributed by atoms with Crippen LogP contribution in [0, 0.1) is 0 Å². The van der Waals surface area contributed by atoms with Crippen molar-refractivity contribution in [3.63, 3.8) is 0 Å². The summed E-state index contributed by atoms with van der Waals surface area (Å²) in [6.45, 7) is 5.59. The zero-order valence-corrected chi connectivity index (χ0v) is 20.1. The Morgan fingerprint density at radius 3 is 2.42 bits per heavy atom. The lowest BCUT2D eigenvalue weighted by Gasteiger charge is -2.27. The maximum atomic E-state index is 13.3. The van der Waals surface area contributed by atoms with Crippen molar-refractivity contribution in [1.29, 1.82) is 0 Å². The third kappa shape index (κ3) is 5.83. The fourth-order valence-corrected chi connectivity index (χ4v) is 3.64. The second-order valence-corrected chi connectivity index (χ2v) is 9.02. The van der Waals surface area contributed by atoms with E-state index in [-0.39, 0.29) is 24.5 Å². The quantitative estimate of drug-likeness (QED) is 0.722. The van der Waals surface area contributed by atoms with Crippen molar-refractivity contribution in [2.24, 2.45) is 5.10 Å². The third-order valence-electron chi connectivity index (χ3n) is 5.27. The SMILES string of the molecule is COc1ccc(C2=NN(C(=O)CN(C)C(=O)NC(C)(C)C)C(c3ccccc3)C2)c(OC)c1. The van der Waals surface area contributed by atoms with Gasteiger partial charge in [0.05, 0.1) is 26.0 Å². The molecule has 8 nitrogen and oxygen atoms in total. The molecule has 1 unspecified atom stereocenters. The second kappa shape index (κ2) is 9.94. The summed E-state index contributed by atoms with van der Waals surface area (Å²) >= 11 is 0. The molecule has 2 aromatic rings. The lowest BCUT2D eigenvalue weighted by Crippen LogP contribution is -2.49. The molecule has 0 saturated carbocycles. The van der Waals surface area contributed by atoms with Crippen molar-refractivity contribution in [3.05, 3.63) is 59.7 Å². The molecule has 2 aromatic carbocycles. The minimum absolute atomic E-state index is 0.0955. The molecular formula is C25H32N4O4. The number of methoxy groups -OCH3 is 2. The van der Waals surface area contributed by atoms with Gasteiger partial charge < -0.3 is 19.7 Å². The number of ether oxygens (including phenoxy) is 2. The van der Waals surface area contributed by atoms with Crippen LogP contribution in [0.2, 0.25) is 0 Å². The normalized spacial score (nSPS) is 15.6. The van der Waals surface area contributed by atoms with Crippen molar-refractivity contribution in [2.45, 2.75) is 38.8 Å². The van der Waals surface area contributed by atoms with Gasteiger partial charge in [0.2, 0.25) is 0 Å². The number of hydrogen-bond acceptors (Lipinski definition) is 5. The molecule has 8 heteroatoms. The standard InChI is InChI=1S/C25H32N4O4/c1-25(2,3)26-24(31)28(4)16-23(30)29-21(17-10-8-7-9-11-17)15-20(27-29)19-13-12-18(32-5)14-22(19)33-6/h7-14,21H,15-16H2,1-6H3,(H,26,31). The van der Waals surface area contributed by atoms with Crippen LogP contribution < -0.4 is 14.8 Å². The lowest BCUT2D eigenvalue weighted by molar-refractivity contribution is -0.133. The zero-order chi connectivity index (χ0) is 24.2. The van der Waals surface area contributed by atoms with Crippen molar-refractivity contribution in [2.75, 3.05) is 27.8 Å². The molecule has 33 heavy (non-hydrogen) atoms. The van der Waals surface area contributed by atoms with Crippen LogP contribution in [-0.4, -0.2) is 60.9 Å². The molecule has 0 fully saturated rings. The number of benzene rings is 2. The summed E-state index contributed by atoms with van der Waals surface area (Å²) in [5, 5.41) is 9.04. The van der Waals surface area contributed by atoms with Gasteiger partial charge in [0, 0.05) is 30.6 Å². The fraction of sp³-hybridized carbons (Fsp3) is 0.400. The van der Waals surface area contributed by atoms with Crippen molar-refractivity contribution < 1.29 is 19.1 Å². The number of hydrazone groups is 1. The van der Waals surface area contributed by atoms with E-state index >= 15 is 0 Å². The molecule has 0 saturated heterocycles. The Hall–Kier alpha value is -3.55. The van der Waals surface area contributed by atoms with Gasteiger partial charge in [-0.25, -0.2) is 9.80 Å². The molecule has 0 radical (unpaired) electrons. The highest BCUT2D eigenvalue weighted by molar-refractivity contribution is 6.05. The Kier molecular flexibility index (Phi) is 7.26. The molecule has 1 heterocycles. The number of likely N-dealkylation sites (N-methyl/N-ethyl adjacent to an activating group) is 1. The first kappa shape index (κ1) is 24.1. The molecule has 0 aromatic heterocycles.